The van der Waals surface area contributed by atoms with Gasteiger partial charge in [0, 0.05) is 19.3 Å². The number of hydrogen-bond acceptors (Lipinski definition) is 6. The highest BCUT2D eigenvalue weighted by atomic mass is 16.6. The van der Waals surface area contributed by atoms with Crippen molar-refractivity contribution in [1.29, 1.82) is 0 Å². The lowest BCUT2D eigenvalue weighted by Crippen LogP contribution is -2.30. The molecule has 0 aromatic heterocycles. The first-order valence-electron chi connectivity index (χ1n) is 32.4. The second-order valence-electron chi connectivity index (χ2n) is 21.6. The molecule has 0 bridgehead atoms. The molecule has 0 spiro atoms. The first-order chi connectivity index (χ1) is 37.0. The maximum atomic E-state index is 12.9. The van der Waals surface area contributed by atoms with Crippen molar-refractivity contribution < 1.29 is 28.6 Å². The van der Waals surface area contributed by atoms with E-state index in [1.807, 2.05) is 0 Å². The highest BCUT2D eigenvalue weighted by Crippen LogP contribution is 2.17. The van der Waals surface area contributed by atoms with Crippen molar-refractivity contribution in [2.45, 2.75) is 335 Å². The molecule has 0 aromatic carbocycles. The highest BCUT2D eigenvalue weighted by Gasteiger charge is 2.19. The fraction of sp³-hybridized carbons (Fsp3) is 0.783. The first kappa shape index (κ1) is 71.8. The molecule has 0 rings (SSSR count). The number of hydrogen-bond donors (Lipinski definition) is 0. The van der Waals surface area contributed by atoms with Gasteiger partial charge in [-0.15, -0.1) is 0 Å². The molecule has 0 aromatic rings. The molecule has 1 atom stereocenters. The summed E-state index contributed by atoms with van der Waals surface area (Å²) >= 11 is 0. The van der Waals surface area contributed by atoms with Crippen molar-refractivity contribution >= 4 is 17.9 Å². The summed E-state index contributed by atoms with van der Waals surface area (Å²) in [5.74, 6) is -0.886. The van der Waals surface area contributed by atoms with E-state index in [1.54, 1.807) is 0 Å². The van der Waals surface area contributed by atoms with Gasteiger partial charge in [-0.25, -0.2) is 0 Å². The lowest BCUT2D eigenvalue weighted by atomic mass is 10.0. The Labute approximate surface area is 465 Å². The fourth-order valence-corrected chi connectivity index (χ4v) is 9.35. The Morgan fingerprint density at radius 2 is 0.520 bits per heavy atom. The monoisotopic (exact) mass is 1050 g/mol. The third-order valence-corrected chi connectivity index (χ3v) is 14.2. The van der Waals surface area contributed by atoms with E-state index < -0.39 is 6.10 Å². The number of allylic oxidation sites excluding steroid dienone is 12. The van der Waals surface area contributed by atoms with Crippen LogP contribution in [0.2, 0.25) is 0 Å². The molecule has 0 aliphatic rings. The van der Waals surface area contributed by atoms with Crippen LogP contribution in [-0.2, 0) is 28.6 Å². The van der Waals surface area contributed by atoms with Crippen LogP contribution in [0.4, 0.5) is 0 Å². The first-order valence-corrected chi connectivity index (χ1v) is 32.4. The van der Waals surface area contributed by atoms with Crippen molar-refractivity contribution in [3.05, 3.63) is 72.9 Å². The molecule has 75 heavy (non-hydrogen) atoms. The summed E-state index contributed by atoms with van der Waals surface area (Å²) < 4.78 is 16.9. The lowest BCUT2D eigenvalue weighted by Gasteiger charge is -2.18. The Hall–Kier alpha value is -3.15. The van der Waals surface area contributed by atoms with E-state index in [0.29, 0.717) is 19.3 Å². The summed E-state index contributed by atoms with van der Waals surface area (Å²) in [4.78, 5) is 38.4. The largest absolute Gasteiger partial charge is 0.462 e. The molecule has 6 nitrogen and oxygen atoms in total. The zero-order valence-corrected chi connectivity index (χ0v) is 49.8. The summed E-state index contributed by atoms with van der Waals surface area (Å²) in [5, 5.41) is 0. The molecular formula is C69H122O6. The van der Waals surface area contributed by atoms with Gasteiger partial charge in [0.1, 0.15) is 13.2 Å². The summed E-state index contributed by atoms with van der Waals surface area (Å²) in [6.45, 7) is 6.54. The molecule has 0 heterocycles. The highest BCUT2D eigenvalue weighted by molar-refractivity contribution is 5.71. The molecule has 0 saturated heterocycles. The van der Waals surface area contributed by atoms with Gasteiger partial charge >= 0.3 is 17.9 Å². The second kappa shape index (κ2) is 63.4. The molecule has 0 aliphatic carbocycles. The molecule has 0 saturated carbocycles. The van der Waals surface area contributed by atoms with Gasteiger partial charge in [0.25, 0.3) is 0 Å². The van der Waals surface area contributed by atoms with Crippen LogP contribution in [0.15, 0.2) is 72.9 Å². The van der Waals surface area contributed by atoms with Crippen molar-refractivity contribution in [1.82, 2.24) is 0 Å². The van der Waals surface area contributed by atoms with Gasteiger partial charge in [0.05, 0.1) is 0 Å². The van der Waals surface area contributed by atoms with Crippen LogP contribution in [0.25, 0.3) is 0 Å². The minimum absolute atomic E-state index is 0.0810. The fourth-order valence-electron chi connectivity index (χ4n) is 9.35. The second-order valence-corrected chi connectivity index (χ2v) is 21.6. The number of esters is 3. The van der Waals surface area contributed by atoms with Gasteiger partial charge < -0.3 is 14.2 Å². The van der Waals surface area contributed by atoms with Crippen LogP contribution in [0, 0.1) is 0 Å². The van der Waals surface area contributed by atoms with Gasteiger partial charge in [0.15, 0.2) is 6.10 Å². The summed E-state index contributed by atoms with van der Waals surface area (Å²) in [7, 11) is 0. The third kappa shape index (κ3) is 61.6. The maximum Gasteiger partial charge on any atom is 0.306 e. The van der Waals surface area contributed by atoms with Crippen LogP contribution in [0.1, 0.15) is 329 Å². The minimum atomic E-state index is -0.787. The Morgan fingerprint density at radius 3 is 0.827 bits per heavy atom. The SMILES string of the molecule is CC/C=C\C/C=C\C/C=C\C/C=C\CCCCCCCCC(=O)OC(COC(=O)CCCCCCCCC/C=C\C/C=C\CCCCCC)COC(=O)CCCCCCCCCCCCCCCCCCCCCC. The topological polar surface area (TPSA) is 78.9 Å². The van der Waals surface area contributed by atoms with E-state index in [9.17, 15) is 14.4 Å². The van der Waals surface area contributed by atoms with Crippen LogP contribution < -0.4 is 0 Å². The average Bonchev–Trinajstić information content (AvgIpc) is 3.41. The van der Waals surface area contributed by atoms with Crippen LogP contribution in [0.5, 0.6) is 0 Å². The van der Waals surface area contributed by atoms with E-state index >= 15 is 0 Å². The molecule has 434 valence electrons. The standard InChI is InChI=1S/C69H122O6/c1-4-7-10-13-16-19-22-25-28-31-34-36-38-41-44-47-50-53-56-59-62-68(71)74-65-66(64-73-67(70)61-58-55-52-49-46-43-40-37-33-30-27-24-21-18-15-12-9-6-3)75-69(72)63-60-57-54-51-48-45-42-39-35-32-29-26-23-20-17-14-11-8-5-2/h8,11,17,20-21,24,26,29-30,33,35,39,66H,4-7,9-10,12-16,18-19,22-23,25,27-28,31-32,34,36-38,40-65H2,1-3H3/b11-8-,20-17-,24-21-,29-26-,33-30-,39-35-. The maximum absolute atomic E-state index is 12.9. The van der Waals surface area contributed by atoms with Gasteiger partial charge in [-0.05, 0) is 89.9 Å². The Balaban J connectivity index is 4.39. The van der Waals surface area contributed by atoms with Crippen molar-refractivity contribution in [2.24, 2.45) is 0 Å². The van der Waals surface area contributed by atoms with Crippen LogP contribution in [-0.4, -0.2) is 37.2 Å². The number of unbranched alkanes of at least 4 members (excludes halogenated alkanes) is 36. The van der Waals surface area contributed by atoms with E-state index in [1.165, 1.54) is 180 Å². The van der Waals surface area contributed by atoms with E-state index in [0.717, 1.165) is 109 Å². The molecule has 0 fully saturated rings. The quantitative estimate of drug-likeness (QED) is 0.0261. The predicted molar refractivity (Wildman–Crippen MR) is 325 cm³/mol. The Kier molecular flexibility index (Phi) is 60.7. The third-order valence-electron chi connectivity index (χ3n) is 14.2. The molecule has 0 amide bonds. The van der Waals surface area contributed by atoms with E-state index in [2.05, 4.69) is 93.7 Å². The number of rotatable bonds is 59. The van der Waals surface area contributed by atoms with Crippen LogP contribution >= 0.6 is 0 Å². The number of carbonyl (C=O) groups excluding carboxylic acids is 3. The number of ether oxygens (including phenoxy) is 3. The normalized spacial score (nSPS) is 12.5. The van der Waals surface area contributed by atoms with E-state index in [-0.39, 0.29) is 31.1 Å². The summed E-state index contributed by atoms with van der Waals surface area (Å²) in [5.41, 5.74) is 0. The Bertz CT molecular complexity index is 1390. The Morgan fingerprint density at radius 1 is 0.280 bits per heavy atom. The lowest BCUT2D eigenvalue weighted by molar-refractivity contribution is -0.167. The summed E-state index contributed by atoms with van der Waals surface area (Å²) in [6.07, 6.45) is 81.9. The minimum Gasteiger partial charge on any atom is -0.462 e. The van der Waals surface area contributed by atoms with E-state index in [4.69, 9.17) is 14.2 Å². The van der Waals surface area contributed by atoms with Gasteiger partial charge in [-0.3, -0.25) is 14.4 Å². The zero-order chi connectivity index (χ0) is 54.3. The van der Waals surface area contributed by atoms with Crippen LogP contribution in [0.3, 0.4) is 0 Å². The van der Waals surface area contributed by atoms with Gasteiger partial charge in [0.2, 0.25) is 0 Å². The molecule has 0 aliphatic heterocycles. The van der Waals surface area contributed by atoms with Gasteiger partial charge in [-0.1, -0.05) is 293 Å². The van der Waals surface area contributed by atoms with Gasteiger partial charge in [-0.2, -0.15) is 0 Å². The average molecular weight is 1050 g/mol. The predicted octanol–water partition coefficient (Wildman–Crippen LogP) is 22.1. The van der Waals surface area contributed by atoms with Crippen molar-refractivity contribution in [3.8, 4) is 0 Å². The molecule has 0 radical (unpaired) electrons. The summed E-state index contributed by atoms with van der Waals surface area (Å²) in [6, 6.07) is 0. The molecule has 6 heteroatoms. The molecule has 1 unspecified atom stereocenters. The van der Waals surface area contributed by atoms with Crippen molar-refractivity contribution in [2.75, 3.05) is 13.2 Å². The molecular weight excluding hydrogens is 925 g/mol. The smallest absolute Gasteiger partial charge is 0.306 e. The zero-order valence-electron chi connectivity index (χ0n) is 49.8. The van der Waals surface area contributed by atoms with Crippen molar-refractivity contribution in [3.63, 3.8) is 0 Å². The number of carbonyl (C=O) groups is 3. The molecule has 0 N–H and O–H groups in total.